The fourth-order valence-electron chi connectivity index (χ4n) is 1.65. The monoisotopic (exact) mass is 270 g/mol. The van der Waals surface area contributed by atoms with Gasteiger partial charge in [-0.15, -0.1) is 0 Å². The van der Waals surface area contributed by atoms with Gasteiger partial charge in [0.15, 0.2) is 0 Å². The van der Waals surface area contributed by atoms with E-state index in [0.29, 0.717) is 16.6 Å². The summed E-state index contributed by atoms with van der Waals surface area (Å²) >= 11 is 11.8. The highest BCUT2D eigenvalue weighted by atomic mass is 35.5. The van der Waals surface area contributed by atoms with Gasteiger partial charge in [0.25, 0.3) is 5.91 Å². The second kappa shape index (κ2) is 4.67. The molecule has 1 heterocycles. The summed E-state index contributed by atoms with van der Waals surface area (Å²) in [5.74, 6) is -0.105. The number of hydrogen-bond donors (Lipinski definition) is 0. The van der Waals surface area contributed by atoms with E-state index in [-0.39, 0.29) is 11.8 Å². The van der Waals surface area contributed by atoms with Gasteiger partial charge in [0.05, 0.1) is 22.5 Å². The van der Waals surface area contributed by atoms with E-state index >= 15 is 0 Å². The summed E-state index contributed by atoms with van der Waals surface area (Å²) in [6, 6.07) is 5.32. The Bertz CT molecular complexity index is 499. The van der Waals surface area contributed by atoms with Crippen LogP contribution in [0.15, 0.2) is 23.3 Å². The molecule has 0 spiro atoms. The molecule has 1 aliphatic rings. The SMILES string of the molecule is CC1=NN(Cc2ccc(Cl)c(Cl)c2)C(=O)C1C. The molecular formula is C12H12Cl2N2O. The molecule has 3 nitrogen and oxygen atoms in total. The maximum Gasteiger partial charge on any atom is 0.251 e. The van der Waals surface area contributed by atoms with Crippen molar-refractivity contribution in [2.75, 3.05) is 0 Å². The van der Waals surface area contributed by atoms with Crippen molar-refractivity contribution < 1.29 is 4.79 Å². The lowest BCUT2D eigenvalue weighted by Crippen LogP contribution is -2.25. The molecule has 1 atom stereocenters. The fourth-order valence-corrected chi connectivity index (χ4v) is 1.97. The quantitative estimate of drug-likeness (QED) is 0.811. The van der Waals surface area contributed by atoms with Gasteiger partial charge in [-0.05, 0) is 31.5 Å². The van der Waals surface area contributed by atoms with Crippen LogP contribution in [-0.2, 0) is 11.3 Å². The lowest BCUT2D eigenvalue weighted by molar-refractivity contribution is -0.131. The van der Waals surface area contributed by atoms with Crippen LogP contribution in [0.1, 0.15) is 19.4 Å². The van der Waals surface area contributed by atoms with Gasteiger partial charge < -0.3 is 0 Å². The van der Waals surface area contributed by atoms with Crippen LogP contribution in [0.2, 0.25) is 10.0 Å². The molecule has 0 bridgehead atoms. The second-order valence-electron chi connectivity index (χ2n) is 4.11. The molecule has 0 N–H and O–H groups in total. The molecular weight excluding hydrogens is 259 g/mol. The average molecular weight is 271 g/mol. The van der Waals surface area contributed by atoms with Crippen LogP contribution in [0.3, 0.4) is 0 Å². The van der Waals surface area contributed by atoms with Crippen molar-refractivity contribution >= 4 is 34.8 Å². The Morgan fingerprint density at radius 2 is 2.06 bits per heavy atom. The number of hydrogen-bond acceptors (Lipinski definition) is 2. The molecule has 0 saturated heterocycles. The number of carbonyl (C=O) groups excluding carboxylic acids is 1. The summed E-state index contributed by atoms with van der Waals surface area (Å²) in [7, 11) is 0. The summed E-state index contributed by atoms with van der Waals surface area (Å²) in [5, 5.41) is 6.69. The molecule has 0 aliphatic carbocycles. The van der Waals surface area contributed by atoms with Crippen LogP contribution in [0.4, 0.5) is 0 Å². The number of rotatable bonds is 2. The van der Waals surface area contributed by atoms with Gasteiger partial charge in [0, 0.05) is 5.71 Å². The zero-order chi connectivity index (χ0) is 12.6. The van der Waals surface area contributed by atoms with Gasteiger partial charge in [-0.25, -0.2) is 5.01 Å². The van der Waals surface area contributed by atoms with E-state index in [1.807, 2.05) is 19.9 Å². The molecule has 90 valence electrons. The van der Waals surface area contributed by atoms with Crippen LogP contribution >= 0.6 is 23.2 Å². The fraction of sp³-hybridized carbons (Fsp3) is 0.333. The Hall–Kier alpha value is -1.06. The largest absolute Gasteiger partial charge is 0.272 e. The smallest absolute Gasteiger partial charge is 0.251 e. The van der Waals surface area contributed by atoms with Gasteiger partial charge in [-0.1, -0.05) is 29.3 Å². The molecule has 17 heavy (non-hydrogen) atoms. The minimum atomic E-state index is -0.127. The Morgan fingerprint density at radius 1 is 1.35 bits per heavy atom. The number of benzene rings is 1. The highest BCUT2D eigenvalue weighted by molar-refractivity contribution is 6.42. The molecule has 5 heteroatoms. The molecule has 0 aromatic heterocycles. The molecule has 1 amide bonds. The number of amides is 1. The van der Waals surface area contributed by atoms with Gasteiger partial charge in [-0.2, -0.15) is 5.10 Å². The third-order valence-electron chi connectivity index (χ3n) is 2.85. The van der Waals surface area contributed by atoms with Crippen molar-refractivity contribution in [1.29, 1.82) is 0 Å². The number of nitrogens with zero attached hydrogens (tertiary/aromatic N) is 2. The standard InChI is InChI=1S/C12H12Cl2N2O/c1-7-8(2)15-16(12(7)17)6-9-3-4-10(13)11(14)5-9/h3-5,7H,6H2,1-2H3. The summed E-state index contributed by atoms with van der Waals surface area (Å²) in [6.45, 7) is 4.14. The summed E-state index contributed by atoms with van der Waals surface area (Å²) < 4.78 is 0. The minimum Gasteiger partial charge on any atom is -0.272 e. The zero-order valence-electron chi connectivity index (χ0n) is 9.58. The van der Waals surface area contributed by atoms with E-state index in [2.05, 4.69) is 5.10 Å². The van der Waals surface area contributed by atoms with Crippen molar-refractivity contribution in [1.82, 2.24) is 5.01 Å². The van der Waals surface area contributed by atoms with Crippen LogP contribution in [0, 0.1) is 5.92 Å². The van der Waals surface area contributed by atoms with Crippen molar-refractivity contribution in [3.8, 4) is 0 Å². The minimum absolute atomic E-state index is 0.0218. The molecule has 2 rings (SSSR count). The molecule has 1 aromatic rings. The molecule has 1 unspecified atom stereocenters. The van der Waals surface area contributed by atoms with Crippen LogP contribution in [-0.4, -0.2) is 16.6 Å². The summed E-state index contributed by atoms with van der Waals surface area (Å²) in [6.07, 6.45) is 0. The average Bonchev–Trinajstić information content (AvgIpc) is 2.52. The van der Waals surface area contributed by atoms with E-state index in [9.17, 15) is 4.79 Å². The normalized spacial score (nSPS) is 19.8. The van der Waals surface area contributed by atoms with Gasteiger partial charge >= 0.3 is 0 Å². The molecule has 1 aliphatic heterocycles. The predicted molar refractivity (Wildman–Crippen MR) is 69.3 cm³/mol. The number of carbonyl (C=O) groups is 1. The number of halogens is 2. The number of hydrazone groups is 1. The van der Waals surface area contributed by atoms with E-state index in [1.165, 1.54) is 5.01 Å². The first-order chi connectivity index (χ1) is 7.99. The first kappa shape index (κ1) is 12.4. The molecule has 1 aromatic carbocycles. The van der Waals surface area contributed by atoms with E-state index in [1.54, 1.807) is 12.1 Å². The lowest BCUT2D eigenvalue weighted by Gasteiger charge is -2.13. The third kappa shape index (κ3) is 2.45. The van der Waals surface area contributed by atoms with Crippen molar-refractivity contribution in [3.63, 3.8) is 0 Å². The highest BCUT2D eigenvalue weighted by Gasteiger charge is 2.29. The Kier molecular flexibility index (Phi) is 3.40. The topological polar surface area (TPSA) is 32.7 Å². The first-order valence-electron chi connectivity index (χ1n) is 5.29. The van der Waals surface area contributed by atoms with Gasteiger partial charge in [-0.3, -0.25) is 4.79 Å². The summed E-state index contributed by atoms with van der Waals surface area (Å²) in [5.41, 5.74) is 1.76. The Labute approximate surface area is 110 Å². The van der Waals surface area contributed by atoms with Crippen LogP contribution < -0.4 is 0 Å². The third-order valence-corrected chi connectivity index (χ3v) is 3.59. The van der Waals surface area contributed by atoms with Crippen molar-refractivity contribution in [2.45, 2.75) is 20.4 Å². The van der Waals surface area contributed by atoms with Crippen LogP contribution in [0.25, 0.3) is 0 Å². The molecule has 0 fully saturated rings. The van der Waals surface area contributed by atoms with Gasteiger partial charge in [0.2, 0.25) is 0 Å². The lowest BCUT2D eigenvalue weighted by atomic mass is 10.1. The molecule has 0 saturated carbocycles. The van der Waals surface area contributed by atoms with Gasteiger partial charge in [0.1, 0.15) is 0 Å². The maximum absolute atomic E-state index is 11.8. The summed E-state index contributed by atoms with van der Waals surface area (Å²) in [4.78, 5) is 11.8. The zero-order valence-corrected chi connectivity index (χ0v) is 11.1. The highest BCUT2D eigenvalue weighted by Crippen LogP contribution is 2.24. The second-order valence-corrected chi connectivity index (χ2v) is 4.92. The maximum atomic E-state index is 11.8. The van der Waals surface area contributed by atoms with Crippen molar-refractivity contribution in [2.24, 2.45) is 11.0 Å². The predicted octanol–water partition coefficient (Wildman–Crippen LogP) is 3.35. The van der Waals surface area contributed by atoms with E-state index in [0.717, 1.165) is 11.3 Å². The Balaban J connectivity index is 2.17. The van der Waals surface area contributed by atoms with E-state index in [4.69, 9.17) is 23.2 Å². The van der Waals surface area contributed by atoms with E-state index < -0.39 is 0 Å². The molecule has 0 radical (unpaired) electrons. The van der Waals surface area contributed by atoms with Crippen molar-refractivity contribution in [3.05, 3.63) is 33.8 Å². The first-order valence-corrected chi connectivity index (χ1v) is 6.05. The Morgan fingerprint density at radius 3 is 2.59 bits per heavy atom. The van der Waals surface area contributed by atoms with Crippen LogP contribution in [0.5, 0.6) is 0 Å².